The van der Waals surface area contributed by atoms with E-state index in [-0.39, 0.29) is 17.9 Å². The van der Waals surface area contributed by atoms with Crippen molar-refractivity contribution >= 4 is 29.5 Å². The molecule has 2 N–H and O–H groups in total. The molecule has 0 fully saturated rings. The normalized spacial score (nSPS) is 11.6. The maximum atomic E-state index is 13.0. The van der Waals surface area contributed by atoms with Crippen molar-refractivity contribution in [1.29, 1.82) is 0 Å². The number of hydrogen-bond acceptors (Lipinski definition) is 4. The van der Waals surface area contributed by atoms with Crippen LogP contribution in [0.15, 0.2) is 78.9 Å². The molecule has 0 saturated heterocycles. The zero-order valence-corrected chi connectivity index (χ0v) is 18.2. The largest absolute Gasteiger partial charge is 0.465 e. The minimum absolute atomic E-state index is 0.259. The Labute approximate surface area is 191 Å². The van der Waals surface area contributed by atoms with E-state index in [1.807, 2.05) is 6.92 Å². The van der Waals surface area contributed by atoms with Gasteiger partial charge in [-0.25, -0.2) is 9.18 Å². The SMILES string of the molecule is COC(=O)c1ccc(C=CC(=O)NC(C)c2ccc(NC(=O)c3ccc(F)cc3)cc2)cc1. The molecular formula is C26H23FN2O4. The van der Waals surface area contributed by atoms with Gasteiger partial charge in [-0.05, 0) is 72.7 Å². The molecule has 33 heavy (non-hydrogen) atoms. The Morgan fingerprint density at radius 2 is 1.48 bits per heavy atom. The lowest BCUT2D eigenvalue weighted by Gasteiger charge is -2.14. The molecule has 0 aliphatic rings. The van der Waals surface area contributed by atoms with Gasteiger partial charge in [-0.15, -0.1) is 0 Å². The predicted molar refractivity (Wildman–Crippen MR) is 124 cm³/mol. The molecule has 2 amide bonds. The fourth-order valence-electron chi connectivity index (χ4n) is 3.02. The highest BCUT2D eigenvalue weighted by Gasteiger charge is 2.10. The van der Waals surface area contributed by atoms with Crippen molar-refractivity contribution in [3.63, 3.8) is 0 Å². The average Bonchev–Trinajstić information content (AvgIpc) is 2.83. The van der Waals surface area contributed by atoms with Crippen molar-refractivity contribution < 1.29 is 23.5 Å². The zero-order valence-electron chi connectivity index (χ0n) is 18.2. The summed E-state index contributed by atoms with van der Waals surface area (Å²) in [5.41, 5.74) is 3.01. The molecule has 1 atom stereocenters. The monoisotopic (exact) mass is 446 g/mol. The molecule has 0 radical (unpaired) electrons. The van der Waals surface area contributed by atoms with Crippen molar-refractivity contribution in [2.45, 2.75) is 13.0 Å². The minimum atomic E-state index is -0.418. The first-order chi connectivity index (χ1) is 15.9. The number of carbonyl (C=O) groups is 3. The minimum Gasteiger partial charge on any atom is -0.465 e. The Kier molecular flexibility index (Phi) is 7.70. The molecule has 1 unspecified atom stereocenters. The molecule has 0 aliphatic carbocycles. The third-order valence-corrected chi connectivity index (χ3v) is 4.89. The predicted octanol–water partition coefficient (Wildman–Crippen LogP) is 4.76. The van der Waals surface area contributed by atoms with Gasteiger partial charge in [0.2, 0.25) is 5.91 Å². The molecule has 0 aliphatic heterocycles. The van der Waals surface area contributed by atoms with Gasteiger partial charge in [-0.1, -0.05) is 24.3 Å². The molecule has 7 heteroatoms. The number of amides is 2. The Bertz CT molecular complexity index is 1150. The second-order valence-corrected chi connectivity index (χ2v) is 7.26. The van der Waals surface area contributed by atoms with Gasteiger partial charge in [0.05, 0.1) is 18.7 Å². The van der Waals surface area contributed by atoms with E-state index < -0.39 is 11.8 Å². The van der Waals surface area contributed by atoms with Gasteiger partial charge < -0.3 is 15.4 Å². The Balaban J connectivity index is 1.54. The third-order valence-electron chi connectivity index (χ3n) is 4.89. The van der Waals surface area contributed by atoms with E-state index in [1.165, 1.54) is 37.5 Å². The van der Waals surface area contributed by atoms with E-state index in [9.17, 15) is 18.8 Å². The van der Waals surface area contributed by atoms with Crippen molar-refractivity contribution in [3.05, 3.63) is 107 Å². The number of rotatable bonds is 7. The van der Waals surface area contributed by atoms with Crippen LogP contribution in [0.25, 0.3) is 6.08 Å². The summed E-state index contributed by atoms with van der Waals surface area (Å²) in [6, 6.07) is 18.8. The van der Waals surface area contributed by atoms with Crippen molar-refractivity contribution in [3.8, 4) is 0 Å². The Hall–Kier alpha value is -4.26. The molecule has 3 aromatic rings. The highest BCUT2D eigenvalue weighted by molar-refractivity contribution is 6.04. The number of benzene rings is 3. The van der Waals surface area contributed by atoms with Crippen LogP contribution in [-0.2, 0) is 9.53 Å². The van der Waals surface area contributed by atoms with Crippen LogP contribution in [0.4, 0.5) is 10.1 Å². The fraction of sp³-hybridized carbons (Fsp3) is 0.115. The third kappa shape index (κ3) is 6.61. The summed E-state index contributed by atoms with van der Waals surface area (Å²) < 4.78 is 17.7. The molecule has 0 saturated carbocycles. The van der Waals surface area contributed by atoms with Crippen LogP contribution in [0.3, 0.4) is 0 Å². The molecule has 0 bridgehead atoms. The van der Waals surface area contributed by atoms with Crippen LogP contribution >= 0.6 is 0 Å². The van der Waals surface area contributed by atoms with Gasteiger partial charge >= 0.3 is 5.97 Å². The second-order valence-electron chi connectivity index (χ2n) is 7.26. The number of nitrogens with one attached hydrogen (secondary N) is 2. The first-order valence-electron chi connectivity index (χ1n) is 10.2. The van der Waals surface area contributed by atoms with Gasteiger partial charge in [-0.2, -0.15) is 0 Å². The number of carbonyl (C=O) groups excluding carboxylic acids is 3. The number of hydrogen-bond donors (Lipinski definition) is 2. The lowest BCUT2D eigenvalue weighted by molar-refractivity contribution is -0.117. The summed E-state index contributed by atoms with van der Waals surface area (Å²) in [5, 5.41) is 5.62. The van der Waals surface area contributed by atoms with Crippen molar-refractivity contribution in [2.75, 3.05) is 12.4 Å². The first-order valence-corrected chi connectivity index (χ1v) is 10.2. The van der Waals surface area contributed by atoms with E-state index in [0.717, 1.165) is 11.1 Å². The van der Waals surface area contributed by atoms with Gasteiger partial charge in [0.1, 0.15) is 5.82 Å². The van der Waals surface area contributed by atoms with Crippen molar-refractivity contribution in [1.82, 2.24) is 5.32 Å². The first kappa shape index (κ1) is 23.4. The lowest BCUT2D eigenvalue weighted by atomic mass is 10.1. The number of ether oxygens (including phenoxy) is 1. The van der Waals surface area contributed by atoms with Crippen LogP contribution in [0, 0.1) is 5.82 Å². The number of anilines is 1. The molecule has 0 spiro atoms. The summed E-state index contributed by atoms with van der Waals surface area (Å²) in [6.45, 7) is 1.85. The Morgan fingerprint density at radius 1 is 0.879 bits per heavy atom. The second kappa shape index (κ2) is 10.9. The van der Waals surface area contributed by atoms with Crippen LogP contribution in [0.5, 0.6) is 0 Å². The topological polar surface area (TPSA) is 84.5 Å². The number of esters is 1. The van der Waals surface area contributed by atoms with E-state index >= 15 is 0 Å². The van der Waals surface area contributed by atoms with Crippen LogP contribution in [-0.4, -0.2) is 24.9 Å². The fourth-order valence-corrected chi connectivity index (χ4v) is 3.02. The van der Waals surface area contributed by atoms with Crippen LogP contribution in [0.1, 0.15) is 44.8 Å². The standard InChI is InChI=1S/C26H23FN2O4/c1-17(28-24(30)16-5-18-3-6-21(7-4-18)26(32)33-2)19-10-14-23(15-11-19)29-25(31)20-8-12-22(27)13-9-20/h3-17H,1-2H3,(H,28,30)(H,29,31). The van der Waals surface area contributed by atoms with Crippen LogP contribution < -0.4 is 10.6 Å². The molecule has 3 rings (SSSR count). The van der Waals surface area contributed by atoms with Crippen molar-refractivity contribution in [2.24, 2.45) is 0 Å². The summed E-state index contributed by atoms with van der Waals surface area (Å²) in [6.07, 6.45) is 3.07. The van der Waals surface area contributed by atoms with Crippen LogP contribution in [0.2, 0.25) is 0 Å². The van der Waals surface area contributed by atoms with Gasteiger partial charge in [0.15, 0.2) is 0 Å². The molecule has 0 aromatic heterocycles. The van der Waals surface area contributed by atoms with E-state index in [1.54, 1.807) is 54.6 Å². The molecule has 3 aromatic carbocycles. The van der Waals surface area contributed by atoms with E-state index in [2.05, 4.69) is 15.4 Å². The lowest BCUT2D eigenvalue weighted by Crippen LogP contribution is -2.24. The van der Waals surface area contributed by atoms with Gasteiger partial charge in [0, 0.05) is 17.3 Å². The summed E-state index contributed by atoms with van der Waals surface area (Å²) in [4.78, 5) is 35.9. The molecule has 168 valence electrons. The number of methoxy groups -OCH3 is 1. The maximum Gasteiger partial charge on any atom is 0.337 e. The van der Waals surface area contributed by atoms with Gasteiger partial charge in [-0.3, -0.25) is 9.59 Å². The van der Waals surface area contributed by atoms with E-state index in [0.29, 0.717) is 16.8 Å². The molecule has 0 heterocycles. The summed E-state index contributed by atoms with van der Waals surface area (Å²) in [5.74, 6) is -1.43. The smallest absolute Gasteiger partial charge is 0.337 e. The summed E-state index contributed by atoms with van der Waals surface area (Å²) in [7, 11) is 1.32. The molecule has 6 nitrogen and oxygen atoms in total. The maximum absolute atomic E-state index is 13.0. The molecular weight excluding hydrogens is 423 g/mol. The zero-order chi connectivity index (χ0) is 23.8. The quantitative estimate of drug-likeness (QED) is 0.405. The number of halogens is 1. The summed E-state index contributed by atoms with van der Waals surface area (Å²) >= 11 is 0. The average molecular weight is 446 g/mol. The van der Waals surface area contributed by atoms with Gasteiger partial charge in [0.25, 0.3) is 5.91 Å². The highest BCUT2D eigenvalue weighted by atomic mass is 19.1. The van der Waals surface area contributed by atoms with E-state index in [4.69, 9.17) is 0 Å². The Morgan fingerprint density at radius 3 is 2.09 bits per heavy atom. The highest BCUT2D eigenvalue weighted by Crippen LogP contribution is 2.17.